The Hall–Kier alpha value is -3.04. The predicted molar refractivity (Wildman–Crippen MR) is 115 cm³/mol. The molecule has 0 aliphatic carbocycles. The molecule has 0 atom stereocenters. The second-order valence-electron chi connectivity index (χ2n) is 7.23. The zero-order valence-corrected chi connectivity index (χ0v) is 17.4. The molecule has 1 aromatic carbocycles. The minimum Gasteiger partial charge on any atom is -0.353 e. The van der Waals surface area contributed by atoms with E-state index < -0.39 is 10.0 Å². The maximum atomic E-state index is 12.8. The molecule has 0 unspecified atom stereocenters. The summed E-state index contributed by atoms with van der Waals surface area (Å²) in [4.78, 5) is 21.3. The molecule has 0 saturated carbocycles. The minimum atomic E-state index is -3.49. The summed E-state index contributed by atoms with van der Waals surface area (Å²) in [6.07, 6.45) is 4.57. The first-order valence-corrected chi connectivity index (χ1v) is 11.2. The molecule has 4 rings (SSSR count). The molecule has 3 heterocycles. The molecule has 0 spiro atoms. The quantitative estimate of drug-likeness (QED) is 0.672. The molecule has 30 heavy (non-hydrogen) atoms. The third kappa shape index (κ3) is 4.12. The summed E-state index contributed by atoms with van der Waals surface area (Å²) in [5.74, 6) is 0.471. The van der Waals surface area contributed by atoms with Crippen molar-refractivity contribution in [2.45, 2.75) is 23.8 Å². The lowest BCUT2D eigenvalue weighted by Crippen LogP contribution is -2.43. The topological polar surface area (TPSA) is 97.2 Å². The first-order chi connectivity index (χ1) is 14.4. The van der Waals surface area contributed by atoms with Crippen LogP contribution in [0.1, 0.15) is 12.8 Å². The van der Waals surface area contributed by atoms with Gasteiger partial charge in [-0.25, -0.2) is 13.4 Å². The van der Waals surface area contributed by atoms with Crippen molar-refractivity contribution in [1.82, 2.24) is 18.8 Å². The molecule has 1 saturated heterocycles. The number of pyridine rings is 1. The highest BCUT2D eigenvalue weighted by Crippen LogP contribution is 2.23. The van der Waals surface area contributed by atoms with Crippen LogP contribution in [0, 0.1) is 0 Å². The monoisotopic (exact) mass is 425 g/mol. The zero-order chi connectivity index (χ0) is 21.1. The van der Waals surface area contributed by atoms with Crippen LogP contribution in [-0.2, 0) is 17.1 Å². The summed E-state index contributed by atoms with van der Waals surface area (Å²) >= 11 is 0. The lowest BCUT2D eigenvalue weighted by Gasteiger charge is -2.32. The van der Waals surface area contributed by atoms with Gasteiger partial charge in [-0.2, -0.15) is 4.31 Å². The van der Waals surface area contributed by atoms with Crippen LogP contribution in [0.25, 0.3) is 11.3 Å². The van der Waals surface area contributed by atoms with Gasteiger partial charge in [-0.1, -0.05) is 18.2 Å². The maximum Gasteiger partial charge on any atom is 0.255 e. The molecule has 0 amide bonds. The lowest BCUT2D eigenvalue weighted by molar-refractivity contribution is 0.328. The normalized spacial score (nSPS) is 15.8. The number of hydrogen-bond acceptors (Lipinski definition) is 6. The Labute approximate surface area is 175 Å². The molecular formula is C21H23N5O3S. The lowest BCUT2D eigenvalue weighted by atomic mass is 10.1. The molecule has 1 aliphatic rings. The van der Waals surface area contributed by atoms with Crippen LogP contribution in [0.4, 0.5) is 5.95 Å². The van der Waals surface area contributed by atoms with E-state index in [0.29, 0.717) is 42.5 Å². The van der Waals surface area contributed by atoms with Crippen molar-refractivity contribution in [2.75, 3.05) is 18.4 Å². The highest BCUT2D eigenvalue weighted by molar-refractivity contribution is 7.89. The van der Waals surface area contributed by atoms with Crippen LogP contribution in [-0.4, -0.2) is 46.4 Å². The molecule has 2 aromatic heterocycles. The van der Waals surface area contributed by atoms with E-state index in [4.69, 9.17) is 0 Å². The second kappa shape index (κ2) is 8.37. The molecular weight excluding hydrogens is 402 g/mol. The van der Waals surface area contributed by atoms with E-state index in [2.05, 4.69) is 15.3 Å². The predicted octanol–water partition coefficient (Wildman–Crippen LogP) is 2.11. The van der Waals surface area contributed by atoms with Crippen LogP contribution in [0.15, 0.2) is 70.6 Å². The van der Waals surface area contributed by atoms with E-state index in [-0.39, 0.29) is 11.6 Å². The highest BCUT2D eigenvalue weighted by atomic mass is 32.2. The summed E-state index contributed by atoms with van der Waals surface area (Å²) in [5.41, 5.74) is 1.23. The Morgan fingerprint density at radius 3 is 2.37 bits per heavy atom. The van der Waals surface area contributed by atoms with Crippen molar-refractivity contribution < 1.29 is 8.42 Å². The van der Waals surface area contributed by atoms with E-state index in [1.54, 1.807) is 61.9 Å². The third-order valence-electron chi connectivity index (χ3n) is 5.28. The minimum absolute atomic E-state index is 0.0259. The van der Waals surface area contributed by atoms with Crippen LogP contribution in [0.5, 0.6) is 0 Å². The molecule has 1 fully saturated rings. The van der Waals surface area contributed by atoms with Gasteiger partial charge in [0, 0.05) is 50.2 Å². The average molecular weight is 426 g/mol. The van der Waals surface area contributed by atoms with Gasteiger partial charge in [0.2, 0.25) is 16.0 Å². The Balaban J connectivity index is 1.48. The van der Waals surface area contributed by atoms with Crippen LogP contribution >= 0.6 is 0 Å². The van der Waals surface area contributed by atoms with Crippen molar-refractivity contribution >= 4 is 16.0 Å². The van der Waals surface area contributed by atoms with Gasteiger partial charge in [0.15, 0.2) is 0 Å². The zero-order valence-electron chi connectivity index (χ0n) is 16.6. The van der Waals surface area contributed by atoms with E-state index in [0.717, 1.165) is 5.56 Å². The maximum absolute atomic E-state index is 12.8. The summed E-state index contributed by atoms with van der Waals surface area (Å²) in [6.45, 7) is 0.819. The molecule has 0 radical (unpaired) electrons. The van der Waals surface area contributed by atoms with Gasteiger partial charge in [-0.15, -0.1) is 0 Å². The standard InChI is InChI=1S/C21H23N5O3S/c1-25-20(27)15-19(16-7-11-22-12-8-16)24-21(25)23-17-9-13-26(14-10-17)30(28,29)18-5-3-2-4-6-18/h2-8,11-12,15,17H,9-10,13-14H2,1H3,(H,23,24). The SMILES string of the molecule is Cn1c(NC2CCN(S(=O)(=O)c3ccccc3)CC2)nc(-c2ccncc2)cc1=O. The van der Waals surface area contributed by atoms with Gasteiger partial charge in [0.25, 0.3) is 5.56 Å². The molecule has 156 valence electrons. The van der Waals surface area contributed by atoms with Gasteiger partial charge in [0.1, 0.15) is 0 Å². The number of nitrogens with zero attached hydrogens (tertiary/aromatic N) is 4. The van der Waals surface area contributed by atoms with Gasteiger partial charge in [-0.3, -0.25) is 14.3 Å². The van der Waals surface area contributed by atoms with Crippen molar-refractivity contribution in [3.8, 4) is 11.3 Å². The third-order valence-corrected chi connectivity index (χ3v) is 7.19. The number of rotatable bonds is 5. The molecule has 8 nitrogen and oxygen atoms in total. The van der Waals surface area contributed by atoms with Crippen LogP contribution < -0.4 is 10.9 Å². The molecule has 1 N–H and O–H groups in total. The van der Waals surface area contributed by atoms with E-state index in [9.17, 15) is 13.2 Å². The molecule has 3 aromatic rings. The van der Waals surface area contributed by atoms with Crippen LogP contribution in [0.3, 0.4) is 0 Å². The highest BCUT2D eigenvalue weighted by Gasteiger charge is 2.29. The Kier molecular flexibility index (Phi) is 5.65. The van der Waals surface area contributed by atoms with Crippen LogP contribution in [0.2, 0.25) is 0 Å². The average Bonchev–Trinajstić information content (AvgIpc) is 2.78. The number of sulfonamides is 1. The number of piperidine rings is 1. The van der Waals surface area contributed by atoms with Gasteiger partial charge in [0.05, 0.1) is 10.6 Å². The molecule has 9 heteroatoms. The smallest absolute Gasteiger partial charge is 0.255 e. The van der Waals surface area contributed by atoms with E-state index in [1.807, 2.05) is 0 Å². The number of nitrogens with one attached hydrogen (secondary N) is 1. The van der Waals surface area contributed by atoms with Crippen molar-refractivity contribution in [2.24, 2.45) is 7.05 Å². The first kappa shape index (κ1) is 20.2. The first-order valence-electron chi connectivity index (χ1n) is 9.75. The summed E-state index contributed by atoms with van der Waals surface area (Å²) in [6, 6.07) is 13.6. The molecule has 1 aliphatic heterocycles. The molecule has 0 bridgehead atoms. The Morgan fingerprint density at radius 1 is 1.03 bits per heavy atom. The van der Waals surface area contributed by atoms with Gasteiger partial charge in [-0.05, 0) is 37.1 Å². The fourth-order valence-electron chi connectivity index (χ4n) is 3.50. The van der Waals surface area contributed by atoms with Gasteiger partial charge >= 0.3 is 0 Å². The number of aromatic nitrogens is 3. The number of benzene rings is 1. The fourth-order valence-corrected chi connectivity index (χ4v) is 4.99. The van der Waals surface area contributed by atoms with Crippen molar-refractivity contribution in [3.05, 3.63) is 71.3 Å². The number of hydrogen-bond donors (Lipinski definition) is 1. The van der Waals surface area contributed by atoms with Crippen molar-refractivity contribution in [1.29, 1.82) is 0 Å². The van der Waals surface area contributed by atoms with Crippen molar-refractivity contribution in [3.63, 3.8) is 0 Å². The van der Waals surface area contributed by atoms with Gasteiger partial charge < -0.3 is 5.32 Å². The largest absolute Gasteiger partial charge is 0.353 e. The number of anilines is 1. The summed E-state index contributed by atoms with van der Waals surface area (Å²) in [5, 5.41) is 3.33. The Bertz CT molecular complexity index is 1170. The van der Waals surface area contributed by atoms with E-state index >= 15 is 0 Å². The van der Waals surface area contributed by atoms with E-state index in [1.165, 1.54) is 14.9 Å². The summed E-state index contributed by atoms with van der Waals surface area (Å²) < 4.78 is 28.6. The Morgan fingerprint density at radius 2 is 1.70 bits per heavy atom. The second-order valence-corrected chi connectivity index (χ2v) is 9.17. The summed E-state index contributed by atoms with van der Waals surface area (Å²) in [7, 11) is -1.82. The fraction of sp³-hybridized carbons (Fsp3) is 0.286.